The lowest BCUT2D eigenvalue weighted by Gasteiger charge is -2.22. The number of urea groups is 1. The maximum atomic E-state index is 12.0. The molecule has 0 fully saturated rings. The number of para-hydroxylation sites is 2. The Labute approximate surface area is 118 Å². The Morgan fingerprint density at radius 2 is 1.75 bits per heavy atom. The molecule has 0 saturated heterocycles. The number of nitrogens with two attached hydrogens (primary N) is 1. The van der Waals surface area contributed by atoms with Gasteiger partial charge in [0.05, 0.1) is 11.4 Å². The Hall–Kier alpha value is -2.55. The van der Waals surface area contributed by atoms with E-state index in [4.69, 9.17) is 5.73 Å². The smallest absolute Gasteiger partial charge is 0.323 e. The number of allylic oxidation sites excluding steroid dienone is 2. The van der Waals surface area contributed by atoms with Gasteiger partial charge in [0, 0.05) is 5.56 Å². The molecule has 0 aliphatic carbocycles. The first-order valence-corrected chi connectivity index (χ1v) is 6.64. The van der Waals surface area contributed by atoms with Crippen LogP contribution in [0, 0.1) is 0 Å². The van der Waals surface area contributed by atoms with Crippen molar-refractivity contribution in [1.29, 1.82) is 0 Å². The van der Waals surface area contributed by atoms with E-state index in [2.05, 4.69) is 6.08 Å². The first kappa shape index (κ1) is 12.5. The van der Waals surface area contributed by atoms with Gasteiger partial charge in [-0.3, -0.25) is 4.90 Å². The van der Waals surface area contributed by atoms with Gasteiger partial charge in [0.25, 0.3) is 0 Å². The van der Waals surface area contributed by atoms with Gasteiger partial charge in [0.1, 0.15) is 0 Å². The Balaban J connectivity index is 2.33. The zero-order valence-corrected chi connectivity index (χ0v) is 11.3. The van der Waals surface area contributed by atoms with Crippen LogP contribution in [0.15, 0.2) is 54.6 Å². The van der Waals surface area contributed by atoms with Gasteiger partial charge in [-0.25, -0.2) is 4.79 Å². The molecular formula is C17H16N2O. The molecule has 0 spiro atoms. The molecular weight excluding hydrogens is 248 g/mol. The summed E-state index contributed by atoms with van der Waals surface area (Å²) in [5.74, 6) is 0. The molecule has 2 amide bonds. The van der Waals surface area contributed by atoms with Crippen LogP contribution >= 0.6 is 0 Å². The lowest BCUT2D eigenvalue weighted by atomic mass is 9.98. The van der Waals surface area contributed by atoms with E-state index in [1.165, 1.54) is 5.57 Å². The number of amides is 2. The number of anilines is 2. The minimum Gasteiger partial charge on any atom is -0.351 e. The molecule has 2 N–H and O–H groups in total. The first-order valence-electron chi connectivity index (χ1n) is 6.64. The number of benzene rings is 2. The molecule has 2 aromatic carbocycles. The van der Waals surface area contributed by atoms with Crippen molar-refractivity contribution in [3.63, 3.8) is 0 Å². The van der Waals surface area contributed by atoms with Gasteiger partial charge >= 0.3 is 6.03 Å². The summed E-state index contributed by atoms with van der Waals surface area (Å²) in [5.41, 5.74) is 10.7. The lowest BCUT2D eigenvalue weighted by molar-refractivity contribution is 0.256. The highest BCUT2D eigenvalue weighted by molar-refractivity contribution is 6.03. The maximum Gasteiger partial charge on any atom is 0.323 e. The standard InChI is InChI=1S/C17H16N2O/c1-2-12-11-13-7-3-5-9-15(13)19(17(18)20)16-10-6-4-8-14(12)16/h2-10H,11H2,1H3,(H2,18,20)/b12-2+. The molecule has 3 rings (SSSR count). The molecule has 3 nitrogen and oxygen atoms in total. The van der Waals surface area contributed by atoms with Gasteiger partial charge in [-0.1, -0.05) is 42.5 Å². The zero-order chi connectivity index (χ0) is 14.1. The fourth-order valence-corrected chi connectivity index (χ4v) is 2.74. The Morgan fingerprint density at radius 3 is 2.45 bits per heavy atom. The number of hydrogen-bond acceptors (Lipinski definition) is 1. The topological polar surface area (TPSA) is 46.3 Å². The van der Waals surface area contributed by atoms with Gasteiger partial charge in [0.2, 0.25) is 0 Å². The maximum absolute atomic E-state index is 12.0. The van der Waals surface area contributed by atoms with E-state index in [1.807, 2.05) is 55.5 Å². The molecule has 0 radical (unpaired) electrons. The van der Waals surface area contributed by atoms with Crippen LogP contribution in [0.5, 0.6) is 0 Å². The monoisotopic (exact) mass is 264 g/mol. The summed E-state index contributed by atoms with van der Waals surface area (Å²) in [4.78, 5) is 13.6. The number of primary amides is 1. The van der Waals surface area contributed by atoms with Crippen molar-refractivity contribution in [1.82, 2.24) is 0 Å². The second-order valence-corrected chi connectivity index (χ2v) is 4.81. The minimum absolute atomic E-state index is 0.456. The molecule has 0 atom stereocenters. The van der Waals surface area contributed by atoms with Crippen molar-refractivity contribution < 1.29 is 4.79 Å². The van der Waals surface area contributed by atoms with Crippen molar-refractivity contribution in [3.8, 4) is 0 Å². The Bertz CT molecular complexity index is 704. The number of carbonyl (C=O) groups is 1. The highest BCUT2D eigenvalue weighted by atomic mass is 16.2. The summed E-state index contributed by atoms with van der Waals surface area (Å²) in [6.07, 6.45) is 2.90. The second-order valence-electron chi connectivity index (χ2n) is 4.81. The van der Waals surface area contributed by atoms with E-state index in [0.717, 1.165) is 28.9 Å². The summed E-state index contributed by atoms with van der Waals surface area (Å²) >= 11 is 0. The molecule has 100 valence electrons. The van der Waals surface area contributed by atoms with Crippen molar-refractivity contribution in [3.05, 3.63) is 65.7 Å². The van der Waals surface area contributed by atoms with Gasteiger partial charge in [-0.05, 0) is 36.6 Å². The summed E-state index contributed by atoms with van der Waals surface area (Å²) < 4.78 is 0. The molecule has 1 aliphatic rings. The molecule has 2 aromatic rings. The fourth-order valence-electron chi connectivity index (χ4n) is 2.74. The predicted molar refractivity (Wildman–Crippen MR) is 82.0 cm³/mol. The Kier molecular flexibility index (Phi) is 3.03. The van der Waals surface area contributed by atoms with Crippen LogP contribution in [-0.2, 0) is 6.42 Å². The third-order valence-corrected chi connectivity index (χ3v) is 3.67. The molecule has 0 bridgehead atoms. The van der Waals surface area contributed by atoms with E-state index in [9.17, 15) is 4.79 Å². The van der Waals surface area contributed by atoms with Crippen LogP contribution in [0.3, 0.4) is 0 Å². The summed E-state index contributed by atoms with van der Waals surface area (Å²) in [5, 5.41) is 0. The SMILES string of the molecule is C/C=C1\Cc2ccccc2N(C(N)=O)c2ccccc21. The zero-order valence-electron chi connectivity index (χ0n) is 11.3. The van der Waals surface area contributed by atoms with Crippen LogP contribution < -0.4 is 10.6 Å². The Morgan fingerprint density at radius 1 is 1.10 bits per heavy atom. The van der Waals surface area contributed by atoms with Crippen molar-refractivity contribution in [2.45, 2.75) is 13.3 Å². The quantitative estimate of drug-likeness (QED) is 0.771. The predicted octanol–water partition coefficient (Wildman–Crippen LogP) is 3.86. The van der Waals surface area contributed by atoms with Gasteiger partial charge in [-0.15, -0.1) is 0 Å². The molecule has 3 heteroatoms. The van der Waals surface area contributed by atoms with Gasteiger partial charge < -0.3 is 5.73 Å². The average molecular weight is 264 g/mol. The average Bonchev–Trinajstić information content (AvgIpc) is 2.61. The highest BCUT2D eigenvalue weighted by Gasteiger charge is 2.25. The number of hydrogen-bond donors (Lipinski definition) is 1. The minimum atomic E-state index is -0.456. The third kappa shape index (κ3) is 1.88. The van der Waals surface area contributed by atoms with Crippen molar-refractivity contribution in [2.24, 2.45) is 5.73 Å². The summed E-state index contributed by atoms with van der Waals surface area (Å²) in [7, 11) is 0. The van der Waals surface area contributed by atoms with Crippen molar-refractivity contribution in [2.75, 3.05) is 4.90 Å². The van der Waals surface area contributed by atoms with Crippen LogP contribution in [0.2, 0.25) is 0 Å². The number of fused-ring (bicyclic) bond motifs is 2. The van der Waals surface area contributed by atoms with E-state index in [0.29, 0.717) is 0 Å². The van der Waals surface area contributed by atoms with E-state index >= 15 is 0 Å². The highest BCUT2D eigenvalue weighted by Crippen LogP contribution is 2.40. The molecule has 1 aliphatic heterocycles. The van der Waals surface area contributed by atoms with Crippen LogP contribution in [0.1, 0.15) is 18.1 Å². The fraction of sp³-hybridized carbons (Fsp3) is 0.118. The van der Waals surface area contributed by atoms with E-state index < -0.39 is 6.03 Å². The first-order chi connectivity index (χ1) is 9.72. The number of rotatable bonds is 0. The number of nitrogens with zero attached hydrogens (tertiary/aromatic N) is 1. The lowest BCUT2D eigenvalue weighted by Crippen LogP contribution is -2.32. The van der Waals surface area contributed by atoms with Gasteiger partial charge in [0.15, 0.2) is 0 Å². The number of carbonyl (C=O) groups excluding carboxylic acids is 1. The van der Waals surface area contributed by atoms with Crippen LogP contribution in [0.25, 0.3) is 5.57 Å². The molecule has 0 saturated carbocycles. The summed E-state index contributed by atoms with van der Waals surface area (Å²) in [6.45, 7) is 2.02. The summed E-state index contributed by atoms with van der Waals surface area (Å²) in [6, 6.07) is 15.3. The largest absolute Gasteiger partial charge is 0.351 e. The molecule has 20 heavy (non-hydrogen) atoms. The molecule has 0 unspecified atom stereocenters. The second kappa shape index (κ2) is 4.85. The van der Waals surface area contributed by atoms with Gasteiger partial charge in [-0.2, -0.15) is 0 Å². The van der Waals surface area contributed by atoms with Crippen LogP contribution in [-0.4, -0.2) is 6.03 Å². The van der Waals surface area contributed by atoms with Crippen molar-refractivity contribution >= 4 is 23.0 Å². The third-order valence-electron chi connectivity index (χ3n) is 3.67. The molecule has 1 heterocycles. The van der Waals surface area contributed by atoms with E-state index in [1.54, 1.807) is 4.90 Å². The van der Waals surface area contributed by atoms with Crippen LogP contribution in [0.4, 0.5) is 16.2 Å². The normalized spacial score (nSPS) is 15.4. The molecule has 0 aromatic heterocycles. The van der Waals surface area contributed by atoms with E-state index in [-0.39, 0.29) is 0 Å².